The molecule has 5 rings (SSSR count). The third kappa shape index (κ3) is 4.35. The van der Waals surface area contributed by atoms with Gasteiger partial charge in [0.15, 0.2) is 0 Å². The summed E-state index contributed by atoms with van der Waals surface area (Å²) in [7, 11) is 1.82. The van der Waals surface area contributed by atoms with Gasteiger partial charge in [0.1, 0.15) is 23.0 Å². The highest BCUT2D eigenvalue weighted by Crippen LogP contribution is 2.28. The van der Waals surface area contributed by atoms with Gasteiger partial charge in [0.05, 0.1) is 18.2 Å². The van der Waals surface area contributed by atoms with E-state index in [1.165, 1.54) is 6.07 Å². The smallest absolute Gasteiger partial charge is 0.134 e. The number of furan rings is 1. The summed E-state index contributed by atoms with van der Waals surface area (Å²) in [6, 6.07) is 13.2. The van der Waals surface area contributed by atoms with E-state index in [9.17, 15) is 4.39 Å². The van der Waals surface area contributed by atoms with E-state index in [1.807, 2.05) is 57.4 Å². The van der Waals surface area contributed by atoms with Gasteiger partial charge in [-0.3, -0.25) is 4.68 Å². The third-order valence-electron chi connectivity index (χ3n) is 5.67. The number of nitrogens with zero attached hydrogens (tertiary/aromatic N) is 4. The van der Waals surface area contributed by atoms with Crippen LogP contribution in [0.2, 0.25) is 0 Å². The maximum atomic E-state index is 14.3. The van der Waals surface area contributed by atoms with Gasteiger partial charge in [0.25, 0.3) is 0 Å². The first kappa shape index (κ1) is 20.9. The lowest BCUT2D eigenvalue weighted by atomic mass is 10.0. The van der Waals surface area contributed by atoms with E-state index < -0.39 is 0 Å². The molecule has 0 saturated heterocycles. The van der Waals surface area contributed by atoms with Crippen molar-refractivity contribution in [2.24, 2.45) is 7.05 Å². The van der Waals surface area contributed by atoms with E-state index in [2.05, 4.69) is 26.4 Å². The van der Waals surface area contributed by atoms with Crippen molar-refractivity contribution in [2.75, 3.05) is 11.9 Å². The van der Waals surface area contributed by atoms with Crippen LogP contribution in [0.15, 0.2) is 65.5 Å². The molecule has 3 heterocycles. The number of aromatic nitrogens is 4. The molecule has 7 heteroatoms. The fourth-order valence-electron chi connectivity index (χ4n) is 3.97. The zero-order valence-electron chi connectivity index (χ0n) is 18.8. The Balaban J connectivity index is 1.32. The lowest BCUT2D eigenvalue weighted by Crippen LogP contribution is -2.08. The minimum absolute atomic E-state index is 0.249. The van der Waals surface area contributed by atoms with Crippen LogP contribution in [0.5, 0.6) is 0 Å². The van der Waals surface area contributed by atoms with Crippen molar-refractivity contribution in [1.29, 1.82) is 0 Å². The molecule has 0 aliphatic heterocycles. The molecule has 0 fully saturated rings. The van der Waals surface area contributed by atoms with Crippen molar-refractivity contribution in [3.63, 3.8) is 0 Å². The SMILES string of the molecule is Cc1nc(NCCc2ccc(F)c(-c3cnn(C)c3)c2)cc(-c2ccc3occ(C)c3c2)n1. The number of hydrogen-bond acceptors (Lipinski definition) is 5. The number of aryl methyl sites for hydroxylation is 3. The van der Waals surface area contributed by atoms with E-state index in [0.29, 0.717) is 17.9 Å². The second kappa shape index (κ2) is 8.50. The number of nitrogens with one attached hydrogen (secondary N) is 1. The quantitative estimate of drug-likeness (QED) is 0.366. The largest absolute Gasteiger partial charge is 0.464 e. The van der Waals surface area contributed by atoms with Gasteiger partial charge in [-0.05, 0) is 61.7 Å². The average molecular weight is 442 g/mol. The Morgan fingerprint density at radius 2 is 1.91 bits per heavy atom. The van der Waals surface area contributed by atoms with Crippen LogP contribution in [0.25, 0.3) is 33.4 Å². The first-order valence-electron chi connectivity index (χ1n) is 10.8. The molecule has 0 radical (unpaired) electrons. The summed E-state index contributed by atoms with van der Waals surface area (Å²) in [6.45, 7) is 4.58. The maximum absolute atomic E-state index is 14.3. The molecular formula is C26H24FN5O. The van der Waals surface area contributed by atoms with Gasteiger partial charge in [-0.2, -0.15) is 5.10 Å². The second-order valence-corrected chi connectivity index (χ2v) is 8.21. The Labute approximate surface area is 191 Å². The molecule has 166 valence electrons. The number of hydrogen-bond donors (Lipinski definition) is 1. The maximum Gasteiger partial charge on any atom is 0.134 e. The molecule has 0 aliphatic carbocycles. The molecule has 6 nitrogen and oxygen atoms in total. The fourth-order valence-corrected chi connectivity index (χ4v) is 3.97. The molecule has 3 aromatic heterocycles. The first-order valence-corrected chi connectivity index (χ1v) is 10.8. The minimum Gasteiger partial charge on any atom is -0.464 e. The Morgan fingerprint density at radius 3 is 2.73 bits per heavy atom. The van der Waals surface area contributed by atoms with Gasteiger partial charge in [-0.15, -0.1) is 0 Å². The molecular weight excluding hydrogens is 417 g/mol. The first-order chi connectivity index (χ1) is 16.0. The van der Waals surface area contributed by atoms with Crippen LogP contribution in [-0.2, 0) is 13.5 Å². The lowest BCUT2D eigenvalue weighted by Gasteiger charge is -2.10. The van der Waals surface area contributed by atoms with Gasteiger partial charge < -0.3 is 9.73 Å². The van der Waals surface area contributed by atoms with Crippen molar-refractivity contribution < 1.29 is 8.81 Å². The zero-order chi connectivity index (χ0) is 22.9. The van der Waals surface area contributed by atoms with Crippen LogP contribution in [0.3, 0.4) is 0 Å². The molecule has 33 heavy (non-hydrogen) atoms. The lowest BCUT2D eigenvalue weighted by molar-refractivity contribution is 0.613. The highest BCUT2D eigenvalue weighted by molar-refractivity contribution is 5.85. The van der Waals surface area contributed by atoms with Crippen molar-refractivity contribution in [2.45, 2.75) is 20.3 Å². The van der Waals surface area contributed by atoms with Crippen LogP contribution in [0, 0.1) is 19.7 Å². The van der Waals surface area contributed by atoms with E-state index in [0.717, 1.165) is 51.2 Å². The average Bonchev–Trinajstić information content (AvgIpc) is 3.40. The molecule has 0 bridgehead atoms. The van der Waals surface area contributed by atoms with Crippen molar-refractivity contribution in [3.05, 3.63) is 83.9 Å². The van der Waals surface area contributed by atoms with Gasteiger partial charge in [0.2, 0.25) is 0 Å². The predicted octanol–water partition coefficient (Wildman–Crippen LogP) is 5.70. The number of halogens is 1. The minimum atomic E-state index is -0.249. The highest BCUT2D eigenvalue weighted by Gasteiger charge is 2.10. The normalized spacial score (nSPS) is 11.3. The standard InChI is InChI=1S/C26H24FN5O/c1-16-15-33-25-7-5-19(11-21(16)25)24-12-26(31-17(2)30-24)28-9-8-18-4-6-23(27)22(10-18)20-13-29-32(3)14-20/h4-7,10-15H,8-9H2,1-3H3,(H,28,30,31). The molecule has 0 aliphatic rings. The van der Waals surface area contributed by atoms with Crippen LogP contribution >= 0.6 is 0 Å². The summed E-state index contributed by atoms with van der Waals surface area (Å²) in [5, 5.41) is 8.61. The summed E-state index contributed by atoms with van der Waals surface area (Å²) in [6.07, 6.45) is 5.98. The van der Waals surface area contributed by atoms with Crippen molar-refractivity contribution >= 4 is 16.8 Å². The van der Waals surface area contributed by atoms with Crippen LogP contribution in [0.1, 0.15) is 17.0 Å². The molecule has 2 aromatic carbocycles. The second-order valence-electron chi connectivity index (χ2n) is 8.21. The van der Waals surface area contributed by atoms with E-state index in [-0.39, 0.29) is 5.82 Å². The van der Waals surface area contributed by atoms with E-state index >= 15 is 0 Å². The molecule has 0 saturated carbocycles. The Bertz CT molecular complexity index is 1450. The number of fused-ring (bicyclic) bond motifs is 1. The molecule has 1 N–H and O–H groups in total. The van der Waals surface area contributed by atoms with Crippen molar-refractivity contribution in [3.8, 4) is 22.4 Å². The molecule has 5 aromatic rings. The molecule has 0 unspecified atom stereocenters. The molecule has 0 spiro atoms. The monoisotopic (exact) mass is 441 g/mol. The zero-order valence-corrected chi connectivity index (χ0v) is 18.8. The van der Waals surface area contributed by atoms with Crippen LogP contribution < -0.4 is 5.32 Å². The van der Waals surface area contributed by atoms with E-state index in [4.69, 9.17) is 4.42 Å². The van der Waals surface area contributed by atoms with Gasteiger partial charge in [-0.1, -0.05) is 6.07 Å². The summed E-state index contributed by atoms with van der Waals surface area (Å²) < 4.78 is 21.6. The summed E-state index contributed by atoms with van der Waals surface area (Å²) in [4.78, 5) is 9.15. The summed E-state index contributed by atoms with van der Waals surface area (Å²) >= 11 is 0. The molecule has 0 atom stereocenters. The Kier molecular flexibility index (Phi) is 5.38. The highest BCUT2D eigenvalue weighted by atomic mass is 19.1. The Hall–Kier alpha value is -4.00. The predicted molar refractivity (Wildman–Crippen MR) is 128 cm³/mol. The number of benzene rings is 2. The fraction of sp³-hybridized carbons (Fsp3) is 0.192. The Morgan fingerprint density at radius 1 is 1.03 bits per heavy atom. The topological polar surface area (TPSA) is 68.8 Å². The summed E-state index contributed by atoms with van der Waals surface area (Å²) in [5.74, 6) is 1.20. The van der Waals surface area contributed by atoms with Crippen LogP contribution in [0.4, 0.5) is 10.2 Å². The summed E-state index contributed by atoms with van der Waals surface area (Å²) in [5.41, 5.74) is 6.20. The molecule has 0 amide bonds. The number of anilines is 1. The third-order valence-corrected chi connectivity index (χ3v) is 5.67. The van der Waals surface area contributed by atoms with Gasteiger partial charge in [-0.25, -0.2) is 14.4 Å². The van der Waals surface area contributed by atoms with E-state index in [1.54, 1.807) is 17.1 Å². The van der Waals surface area contributed by atoms with Crippen molar-refractivity contribution in [1.82, 2.24) is 19.7 Å². The van der Waals surface area contributed by atoms with Gasteiger partial charge in [0, 0.05) is 47.9 Å². The number of rotatable bonds is 6. The van der Waals surface area contributed by atoms with Crippen LogP contribution in [-0.4, -0.2) is 26.3 Å². The van der Waals surface area contributed by atoms with Gasteiger partial charge >= 0.3 is 0 Å².